The molecule has 1 aliphatic rings. The first-order chi connectivity index (χ1) is 13.9. The topological polar surface area (TPSA) is 55.8 Å². The van der Waals surface area contributed by atoms with E-state index in [2.05, 4.69) is 26.8 Å². The number of ketones is 1. The van der Waals surface area contributed by atoms with Crippen LogP contribution in [0.2, 0.25) is 0 Å². The Kier molecular flexibility index (Phi) is 6.76. The van der Waals surface area contributed by atoms with Gasteiger partial charge in [0.25, 0.3) is 0 Å². The van der Waals surface area contributed by atoms with E-state index in [4.69, 9.17) is 9.47 Å². The van der Waals surface area contributed by atoms with Gasteiger partial charge in [-0.05, 0) is 45.3 Å². The van der Waals surface area contributed by atoms with Crippen LogP contribution in [0.1, 0.15) is 62.1 Å². The van der Waals surface area contributed by atoms with E-state index in [-0.39, 0.29) is 29.6 Å². The van der Waals surface area contributed by atoms with Gasteiger partial charge in [-0.1, -0.05) is 47.6 Å². The predicted molar refractivity (Wildman–Crippen MR) is 115 cm³/mol. The quantitative estimate of drug-likeness (QED) is 0.573. The molecule has 0 spiro atoms. The number of phenols is 1. The molecule has 0 aromatic heterocycles. The van der Waals surface area contributed by atoms with Crippen LogP contribution in [-0.4, -0.2) is 17.5 Å². The molecule has 4 nitrogen and oxygen atoms in total. The van der Waals surface area contributed by atoms with Gasteiger partial charge in [0.05, 0.1) is 6.42 Å². The lowest BCUT2D eigenvalue weighted by molar-refractivity contribution is 0.0844. The molecule has 3 rings (SSSR count). The molecule has 0 fully saturated rings. The van der Waals surface area contributed by atoms with Crippen LogP contribution in [0.5, 0.6) is 17.2 Å². The largest absolute Gasteiger partial charge is 0.507 e. The van der Waals surface area contributed by atoms with E-state index in [1.807, 2.05) is 36.4 Å². The summed E-state index contributed by atoms with van der Waals surface area (Å²) in [5.41, 5.74) is 3.74. The summed E-state index contributed by atoms with van der Waals surface area (Å²) in [4.78, 5) is 12.6. The molecule has 0 unspecified atom stereocenters. The highest BCUT2D eigenvalue weighted by molar-refractivity contribution is 6.02. The van der Waals surface area contributed by atoms with E-state index < -0.39 is 0 Å². The number of hydrogen-bond donors (Lipinski definition) is 1. The second kappa shape index (κ2) is 9.46. The number of carbonyl (C=O) groups excluding carboxylic acids is 1. The van der Waals surface area contributed by atoms with Gasteiger partial charge in [0.1, 0.15) is 35.5 Å². The molecule has 0 saturated heterocycles. The van der Waals surface area contributed by atoms with Crippen LogP contribution in [0.25, 0.3) is 0 Å². The van der Waals surface area contributed by atoms with E-state index in [0.29, 0.717) is 18.1 Å². The minimum atomic E-state index is -0.358. The summed E-state index contributed by atoms with van der Waals surface area (Å²) in [6.45, 7) is 6.67. The van der Waals surface area contributed by atoms with E-state index in [1.165, 1.54) is 17.2 Å². The normalized spacial score (nSPS) is 16.0. The van der Waals surface area contributed by atoms with Crippen molar-refractivity contribution < 1.29 is 19.4 Å². The Morgan fingerprint density at radius 3 is 2.66 bits per heavy atom. The summed E-state index contributed by atoms with van der Waals surface area (Å²) >= 11 is 0. The lowest BCUT2D eigenvalue weighted by Crippen LogP contribution is -2.20. The maximum Gasteiger partial charge on any atom is 0.174 e. The van der Waals surface area contributed by atoms with E-state index in [9.17, 15) is 9.90 Å². The van der Waals surface area contributed by atoms with Crippen molar-refractivity contribution in [1.29, 1.82) is 0 Å². The zero-order valence-electron chi connectivity index (χ0n) is 17.3. The summed E-state index contributed by atoms with van der Waals surface area (Å²) < 4.78 is 11.8. The van der Waals surface area contributed by atoms with Gasteiger partial charge in [-0.2, -0.15) is 0 Å². The van der Waals surface area contributed by atoms with Gasteiger partial charge in [-0.3, -0.25) is 4.79 Å². The second-order valence-electron chi connectivity index (χ2n) is 7.64. The predicted octanol–water partition coefficient (Wildman–Crippen LogP) is 6.17. The molecule has 0 radical (unpaired) electrons. The summed E-state index contributed by atoms with van der Waals surface area (Å²) in [6.07, 6.45) is 6.11. The Hall–Kier alpha value is -3.01. The second-order valence-corrected chi connectivity index (χ2v) is 7.64. The van der Waals surface area contributed by atoms with Crippen LogP contribution < -0.4 is 9.47 Å². The Bertz CT molecular complexity index is 921. The van der Waals surface area contributed by atoms with Crippen molar-refractivity contribution in [2.45, 2.75) is 46.1 Å². The number of ether oxygens (including phenoxy) is 2. The van der Waals surface area contributed by atoms with Gasteiger partial charge in [0.2, 0.25) is 0 Å². The monoisotopic (exact) mass is 392 g/mol. The number of allylic oxidation sites excluding steroid dienone is 3. The van der Waals surface area contributed by atoms with E-state index in [1.54, 1.807) is 6.07 Å². The summed E-state index contributed by atoms with van der Waals surface area (Å²) in [6, 6.07) is 12.8. The maximum absolute atomic E-state index is 12.6. The van der Waals surface area contributed by atoms with Crippen LogP contribution in [0.15, 0.2) is 65.8 Å². The summed E-state index contributed by atoms with van der Waals surface area (Å²) in [5, 5.41) is 10.3. The molecule has 152 valence electrons. The number of rotatable bonds is 7. The SMILES string of the molecule is CC(C)=CCC/C(C)=C\COc1cc(O)c2c(c1)O[C@H](c1ccccc1)CC2=O. The molecule has 2 aromatic carbocycles. The molecule has 2 aromatic rings. The van der Waals surface area contributed by atoms with Gasteiger partial charge in [-0.15, -0.1) is 0 Å². The Balaban J connectivity index is 1.69. The number of benzene rings is 2. The molecule has 29 heavy (non-hydrogen) atoms. The fourth-order valence-corrected chi connectivity index (χ4v) is 3.32. The minimum Gasteiger partial charge on any atom is -0.507 e. The highest BCUT2D eigenvalue weighted by atomic mass is 16.5. The Morgan fingerprint density at radius 1 is 1.17 bits per heavy atom. The zero-order chi connectivity index (χ0) is 20.8. The first-order valence-electron chi connectivity index (χ1n) is 9.97. The lowest BCUT2D eigenvalue weighted by Gasteiger charge is -2.26. The fourth-order valence-electron chi connectivity index (χ4n) is 3.32. The van der Waals surface area contributed by atoms with Gasteiger partial charge < -0.3 is 14.6 Å². The molecule has 1 atom stereocenters. The molecule has 0 aliphatic carbocycles. The van der Waals surface area contributed by atoms with Crippen molar-refractivity contribution in [2.75, 3.05) is 6.61 Å². The average Bonchev–Trinajstić information content (AvgIpc) is 2.67. The molecule has 1 N–H and O–H groups in total. The molecule has 1 aliphatic heterocycles. The maximum atomic E-state index is 12.6. The molecular weight excluding hydrogens is 364 g/mol. The fraction of sp³-hybridized carbons (Fsp3) is 0.320. The first-order valence-corrected chi connectivity index (χ1v) is 9.97. The van der Waals surface area contributed by atoms with Crippen LogP contribution >= 0.6 is 0 Å². The third-order valence-corrected chi connectivity index (χ3v) is 4.92. The van der Waals surface area contributed by atoms with E-state index >= 15 is 0 Å². The molecular formula is C25H28O4. The lowest BCUT2D eigenvalue weighted by atomic mass is 9.95. The Morgan fingerprint density at radius 2 is 1.93 bits per heavy atom. The molecule has 0 amide bonds. The summed E-state index contributed by atoms with van der Waals surface area (Å²) in [7, 11) is 0. The molecule has 1 heterocycles. The Labute approximate surface area is 172 Å². The van der Waals surface area contributed by atoms with Crippen molar-refractivity contribution >= 4 is 5.78 Å². The number of Topliss-reactive ketones (excluding diaryl/α,β-unsaturated/α-hetero) is 1. The van der Waals surface area contributed by atoms with Gasteiger partial charge in [-0.25, -0.2) is 0 Å². The van der Waals surface area contributed by atoms with Crippen molar-refractivity contribution in [3.05, 3.63) is 76.9 Å². The number of fused-ring (bicyclic) bond motifs is 1. The van der Waals surface area contributed by atoms with Crippen molar-refractivity contribution in [3.8, 4) is 17.2 Å². The van der Waals surface area contributed by atoms with Crippen LogP contribution in [-0.2, 0) is 0 Å². The first kappa shape index (κ1) is 20.7. The number of aromatic hydroxyl groups is 1. The molecule has 4 heteroatoms. The summed E-state index contributed by atoms with van der Waals surface area (Å²) in [5.74, 6) is 0.628. The molecule has 0 bridgehead atoms. The van der Waals surface area contributed by atoms with Crippen molar-refractivity contribution in [2.24, 2.45) is 0 Å². The van der Waals surface area contributed by atoms with Crippen molar-refractivity contribution in [1.82, 2.24) is 0 Å². The van der Waals surface area contributed by atoms with Crippen LogP contribution in [0.3, 0.4) is 0 Å². The highest BCUT2D eigenvalue weighted by Crippen LogP contribution is 2.41. The van der Waals surface area contributed by atoms with Gasteiger partial charge in [0.15, 0.2) is 5.78 Å². The van der Waals surface area contributed by atoms with Gasteiger partial charge in [0, 0.05) is 12.1 Å². The number of carbonyl (C=O) groups is 1. The van der Waals surface area contributed by atoms with Crippen molar-refractivity contribution in [3.63, 3.8) is 0 Å². The smallest absolute Gasteiger partial charge is 0.174 e. The number of phenolic OH excluding ortho intramolecular Hbond substituents is 1. The van der Waals surface area contributed by atoms with E-state index in [0.717, 1.165) is 18.4 Å². The zero-order valence-corrected chi connectivity index (χ0v) is 17.3. The third-order valence-electron chi connectivity index (χ3n) is 4.92. The molecule has 0 saturated carbocycles. The number of hydrogen-bond acceptors (Lipinski definition) is 4. The van der Waals surface area contributed by atoms with Crippen LogP contribution in [0.4, 0.5) is 0 Å². The minimum absolute atomic E-state index is 0.0988. The third kappa shape index (κ3) is 5.50. The average molecular weight is 392 g/mol. The van der Waals surface area contributed by atoms with Crippen LogP contribution in [0, 0.1) is 0 Å². The highest BCUT2D eigenvalue weighted by Gasteiger charge is 2.30. The standard InChI is InChI=1S/C25H28O4/c1-17(2)8-7-9-18(3)12-13-28-20-14-21(26)25-22(27)16-23(29-24(25)15-20)19-10-5-4-6-11-19/h4-6,8,10-12,14-15,23,26H,7,9,13,16H2,1-3H3/b18-12-/t23-/m0/s1. The van der Waals surface area contributed by atoms with Gasteiger partial charge >= 0.3 is 0 Å².